The van der Waals surface area contributed by atoms with Gasteiger partial charge in [-0.2, -0.15) is 5.26 Å². The summed E-state index contributed by atoms with van der Waals surface area (Å²) in [7, 11) is 0. The maximum absolute atomic E-state index is 8.92. The largest absolute Gasteiger partial charge is 0.304 e. The van der Waals surface area contributed by atoms with Crippen LogP contribution in [0.2, 0.25) is 5.15 Å². The second-order valence-electron chi connectivity index (χ2n) is 4.20. The molecule has 5 heteroatoms. The van der Waals surface area contributed by atoms with Gasteiger partial charge >= 0.3 is 0 Å². The van der Waals surface area contributed by atoms with E-state index in [2.05, 4.69) is 16.0 Å². The van der Waals surface area contributed by atoms with Gasteiger partial charge < -0.3 is 4.57 Å². The Morgan fingerprint density at radius 1 is 1.15 bits per heavy atom. The van der Waals surface area contributed by atoms with Gasteiger partial charge in [-0.25, -0.2) is 9.97 Å². The number of pyridine rings is 1. The van der Waals surface area contributed by atoms with Crippen molar-refractivity contribution in [2.75, 3.05) is 0 Å². The molecule has 0 saturated heterocycles. The third kappa shape index (κ3) is 2.40. The highest BCUT2D eigenvalue weighted by molar-refractivity contribution is 6.29. The fourth-order valence-corrected chi connectivity index (χ4v) is 1.99. The van der Waals surface area contributed by atoms with Gasteiger partial charge in [-0.3, -0.25) is 0 Å². The van der Waals surface area contributed by atoms with Crippen LogP contribution in [0.25, 0.3) is 16.9 Å². The van der Waals surface area contributed by atoms with Crippen LogP contribution in [-0.4, -0.2) is 14.5 Å². The number of imidazole rings is 1. The quantitative estimate of drug-likeness (QED) is 0.676. The Bertz CT molecular complexity index is 784. The summed E-state index contributed by atoms with van der Waals surface area (Å²) in [6, 6.07) is 13.1. The van der Waals surface area contributed by atoms with E-state index in [0.29, 0.717) is 10.7 Å². The third-order valence-corrected chi connectivity index (χ3v) is 3.10. The summed E-state index contributed by atoms with van der Waals surface area (Å²) in [4.78, 5) is 8.39. The van der Waals surface area contributed by atoms with Crippen molar-refractivity contribution in [3.05, 3.63) is 65.8 Å². The van der Waals surface area contributed by atoms with Crippen molar-refractivity contribution in [3.63, 3.8) is 0 Å². The fraction of sp³-hybridized carbons (Fsp3) is 0. The van der Waals surface area contributed by atoms with Crippen molar-refractivity contribution in [1.29, 1.82) is 5.26 Å². The average molecular weight is 281 g/mol. The van der Waals surface area contributed by atoms with Crippen molar-refractivity contribution in [2.45, 2.75) is 0 Å². The molecular weight excluding hydrogens is 272 g/mol. The van der Waals surface area contributed by atoms with E-state index in [1.54, 1.807) is 24.7 Å². The van der Waals surface area contributed by atoms with Gasteiger partial charge in [0.15, 0.2) is 0 Å². The zero-order valence-electron chi connectivity index (χ0n) is 10.4. The lowest BCUT2D eigenvalue weighted by atomic mass is 10.1. The van der Waals surface area contributed by atoms with Crippen molar-refractivity contribution < 1.29 is 0 Å². The Balaban J connectivity index is 1.97. The van der Waals surface area contributed by atoms with Gasteiger partial charge in [-0.05, 0) is 24.3 Å². The molecule has 0 aliphatic rings. The summed E-state index contributed by atoms with van der Waals surface area (Å²) in [5.74, 6) is 0. The molecule has 0 aliphatic heterocycles. The van der Waals surface area contributed by atoms with Crippen LogP contribution in [0.5, 0.6) is 0 Å². The van der Waals surface area contributed by atoms with Gasteiger partial charge in [0.2, 0.25) is 0 Å². The van der Waals surface area contributed by atoms with Crippen molar-refractivity contribution in [3.8, 4) is 23.0 Å². The minimum Gasteiger partial charge on any atom is -0.304 e. The predicted octanol–water partition coefficient (Wildman–Crippen LogP) is 3.46. The maximum Gasteiger partial charge on any atom is 0.129 e. The summed E-state index contributed by atoms with van der Waals surface area (Å²) in [5.41, 5.74) is 3.21. The first-order valence-electron chi connectivity index (χ1n) is 5.93. The molecule has 4 nitrogen and oxygen atoms in total. The molecule has 0 fully saturated rings. The minimum absolute atomic E-state index is 0.454. The van der Waals surface area contributed by atoms with Crippen LogP contribution in [0.15, 0.2) is 55.1 Å². The standard InChI is InChI=1S/C15H9ClN4/c16-15-5-4-13(8-18-15)20-9-14(19-10-20)12-3-1-2-11(6-12)7-17/h1-6,8-10H. The molecule has 3 rings (SSSR count). The topological polar surface area (TPSA) is 54.5 Å². The maximum atomic E-state index is 8.92. The Labute approximate surface area is 120 Å². The van der Waals surface area contributed by atoms with Crippen LogP contribution in [-0.2, 0) is 0 Å². The first-order chi connectivity index (χ1) is 9.76. The van der Waals surface area contributed by atoms with E-state index >= 15 is 0 Å². The zero-order chi connectivity index (χ0) is 13.9. The van der Waals surface area contributed by atoms with Gasteiger partial charge in [0.05, 0.1) is 35.5 Å². The highest BCUT2D eigenvalue weighted by Gasteiger charge is 2.04. The smallest absolute Gasteiger partial charge is 0.129 e. The molecular formula is C15H9ClN4. The molecule has 0 N–H and O–H groups in total. The lowest BCUT2D eigenvalue weighted by Gasteiger charge is -2.00. The molecule has 0 amide bonds. The monoisotopic (exact) mass is 280 g/mol. The Morgan fingerprint density at radius 3 is 2.80 bits per heavy atom. The van der Waals surface area contributed by atoms with Crippen LogP contribution in [0.3, 0.4) is 0 Å². The van der Waals surface area contributed by atoms with Gasteiger partial charge in [-0.1, -0.05) is 23.7 Å². The van der Waals surface area contributed by atoms with Crippen LogP contribution < -0.4 is 0 Å². The molecule has 0 radical (unpaired) electrons. The van der Waals surface area contributed by atoms with Gasteiger partial charge in [-0.15, -0.1) is 0 Å². The molecule has 2 heterocycles. The van der Waals surface area contributed by atoms with Crippen LogP contribution in [0, 0.1) is 11.3 Å². The lowest BCUT2D eigenvalue weighted by Crippen LogP contribution is -1.90. The molecule has 0 atom stereocenters. The summed E-state index contributed by atoms with van der Waals surface area (Å²) in [6.07, 6.45) is 5.28. The Kier molecular flexibility index (Phi) is 3.20. The van der Waals surface area contributed by atoms with E-state index < -0.39 is 0 Å². The number of hydrogen-bond donors (Lipinski definition) is 0. The zero-order valence-corrected chi connectivity index (χ0v) is 11.1. The number of nitriles is 1. The first-order valence-corrected chi connectivity index (χ1v) is 6.30. The number of halogens is 1. The fourth-order valence-electron chi connectivity index (χ4n) is 1.88. The van der Waals surface area contributed by atoms with Crippen molar-refractivity contribution in [2.24, 2.45) is 0 Å². The van der Waals surface area contributed by atoms with E-state index in [0.717, 1.165) is 16.9 Å². The predicted molar refractivity (Wildman–Crippen MR) is 76.5 cm³/mol. The summed E-state index contributed by atoms with van der Waals surface area (Å²) in [6.45, 7) is 0. The molecule has 1 aromatic carbocycles. The van der Waals surface area contributed by atoms with Gasteiger partial charge in [0.25, 0.3) is 0 Å². The van der Waals surface area contributed by atoms with Crippen molar-refractivity contribution in [1.82, 2.24) is 14.5 Å². The number of rotatable bonds is 2. The summed E-state index contributed by atoms with van der Waals surface area (Å²) in [5, 5.41) is 9.38. The molecule has 0 spiro atoms. The normalized spacial score (nSPS) is 10.2. The highest BCUT2D eigenvalue weighted by Crippen LogP contribution is 2.20. The van der Waals surface area contributed by atoms with E-state index in [1.807, 2.05) is 35.0 Å². The summed E-state index contributed by atoms with van der Waals surface area (Å²) < 4.78 is 1.86. The molecule has 20 heavy (non-hydrogen) atoms. The van der Waals surface area contributed by atoms with Crippen LogP contribution >= 0.6 is 11.6 Å². The Morgan fingerprint density at radius 2 is 2.05 bits per heavy atom. The van der Waals surface area contributed by atoms with E-state index in [-0.39, 0.29) is 0 Å². The minimum atomic E-state index is 0.454. The second kappa shape index (κ2) is 5.16. The van der Waals surface area contributed by atoms with E-state index in [4.69, 9.17) is 16.9 Å². The van der Waals surface area contributed by atoms with Crippen LogP contribution in [0.4, 0.5) is 0 Å². The van der Waals surface area contributed by atoms with E-state index in [1.165, 1.54) is 0 Å². The molecule has 0 saturated carbocycles. The molecule has 0 bridgehead atoms. The Hall–Kier alpha value is -2.64. The number of benzene rings is 1. The number of aromatic nitrogens is 3. The van der Waals surface area contributed by atoms with E-state index in [9.17, 15) is 0 Å². The second-order valence-corrected chi connectivity index (χ2v) is 4.59. The molecule has 0 aliphatic carbocycles. The van der Waals surface area contributed by atoms with Crippen molar-refractivity contribution >= 4 is 11.6 Å². The molecule has 0 unspecified atom stereocenters. The third-order valence-electron chi connectivity index (χ3n) is 2.88. The molecule has 2 aromatic heterocycles. The van der Waals surface area contributed by atoms with Gasteiger partial charge in [0, 0.05) is 11.8 Å². The van der Waals surface area contributed by atoms with Gasteiger partial charge in [0.1, 0.15) is 5.15 Å². The number of hydrogen-bond acceptors (Lipinski definition) is 3. The number of nitrogens with zero attached hydrogens (tertiary/aromatic N) is 4. The molecule has 96 valence electrons. The van der Waals surface area contributed by atoms with Crippen LogP contribution in [0.1, 0.15) is 5.56 Å². The molecule has 3 aromatic rings. The lowest BCUT2D eigenvalue weighted by molar-refractivity contribution is 1.04. The average Bonchev–Trinajstić information content (AvgIpc) is 2.98. The highest BCUT2D eigenvalue weighted by atomic mass is 35.5. The first kappa shape index (κ1) is 12.4. The summed E-state index contributed by atoms with van der Waals surface area (Å²) >= 11 is 5.77. The SMILES string of the molecule is N#Cc1cccc(-c2cn(-c3ccc(Cl)nc3)cn2)c1.